The highest BCUT2D eigenvalue weighted by molar-refractivity contribution is 6.31. The molecule has 6 heteroatoms. The van der Waals surface area contributed by atoms with Crippen LogP contribution in [0.3, 0.4) is 0 Å². The van der Waals surface area contributed by atoms with Crippen LogP contribution in [0.4, 0.5) is 4.39 Å². The normalized spacial score (nSPS) is 12.2. The average Bonchev–Trinajstić information content (AvgIpc) is 2.71. The summed E-state index contributed by atoms with van der Waals surface area (Å²) >= 11 is 6.16. The molecular formula is C22H16ClFN2O2. The molecule has 4 nitrogen and oxygen atoms in total. The molecular weight excluding hydrogens is 379 g/mol. The van der Waals surface area contributed by atoms with Crippen molar-refractivity contribution in [2.24, 2.45) is 0 Å². The molecule has 1 N–H and O–H groups in total. The molecule has 28 heavy (non-hydrogen) atoms. The summed E-state index contributed by atoms with van der Waals surface area (Å²) in [6.07, 6.45) is -0.999. The molecule has 3 aromatic carbocycles. The number of benzene rings is 3. The minimum Gasteiger partial charge on any atom is -0.386 e. The lowest BCUT2D eigenvalue weighted by Gasteiger charge is -2.16. The zero-order valence-electron chi connectivity index (χ0n) is 14.7. The van der Waals surface area contributed by atoms with Gasteiger partial charge in [-0.15, -0.1) is 0 Å². The molecule has 0 radical (unpaired) electrons. The Kier molecular flexibility index (Phi) is 4.94. The molecule has 4 rings (SSSR count). The molecule has 1 aromatic heterocycles. The van der Waals surface area contributed by atoms with Crippen LogP contribution in [0, 0.1) is 5.82 Å². The van der Waals surface area contributed by atoms with Crippen molar-refractivity contribution in [2.45, 2.75) is 12.6 Å². The van der Waals surface area contributed by atoms with Crippen molar-refractivity contribution in [2.75, 3.05) is 0 Å². The van der Waals surface area contributed by atoms with Gasteiger partial charge in [-0.3, -0.25) is 4.79 Å². The number of aliphatic hydroxyl groups excluding tert-OH is 1. The number of rotatable bonds is 4. The molecule has 0 saturated heterocycles. The summed E-state index contributed by atoms with van der Waals surface area (Å²) in [6, 6.07) is 20.0. The Hall–Kier alpha value is -3.02. The van der Waals surface area contributed by atoms with Gasteiger partial charge in [-0.1, -0.05) is 48.0 Å². The zero-order chi connectivity index (χ0) is 19.7. The molecule has 0 amide bonds. The van der Waals surface area contributed by atoms with Gasteiger partial charge in [0.15, 0.2) is 0 Å². The summed E-state index contributed by atoms with van der Waals surface area (Å²) in [5.74, 6) is -0.351. The van der Waals surface area contributed by atoms with Gasteiger partial charge in [0, 0.05) is 21.5 Å². The van der Waals surface area contributed by atoms with E-state index in [2.05, 4.69) is 5.10 Å². The molecule has 0 bridgehead atoms. The molecule has 0 fully saturated rings. The van der Waals surface area contributed by atoms with Crippen LogP contribution < -0.4 is 5.56 Å². The second kappa shape index (κ2) is 7.54. The van der Waals surface area contributed by atoms with E-state index >= 15 is 0 Å². The van der Waals surface area contributed by atoms with Crippen LogP contribution in [0.25, 0.3) is 22.0 Å². The Morgan fingerprint density at radius 1 is 0.964 bits per heavy atom. The maximum Gasteiger partial charge on any atom is 0.274 e. The molecule has 1 atom stereocenters. The molecule has 0 aliphatic carbocycles. The van der Waals surface area contributed by atoms with E-state index in [0.717, 1.165) is 0 Å². The van der Waals surface area contributed by atoms with Gasteiger partial charge in [0.25, 0.3) is 5.56 Å². The van der Waals surface area contributed by atoms with Crippen LogP contribution >= 0.6 is 11.6 Å². The predicted molar refractivity (Wildman–Crippen MR) is 108 cm³/mol. The number of halogens is 2. The van der Waals surface area contributed by atoms with Gasteiger partial charge in [0.05, 0.1) is 17.6 Å². The second-order valence-corrected chi connectivity index (χ2v) is 6.83. The van der Waals surface area contributed by atoms with Crippen LogP contribution in [-0.4, -0.2) is 14.9 Å². The summed E-state index contributed by atoms with van der Waals surface area (Å²) in [4.78, 5) is 12.9. The Balaban J connectivity index is 1.85. The first kappa shape index (κ1) is 18.3. The molecule has 1 unspecified atom stereocenters. The van der Waals surface area contributed by atoms with Gasteiger partial charge in [0.2, 0.25) is 0 Å². The third kappa shape index (κ3) is 3.42. The van der Waals surface area contributed by atoms with E-state index in [-0.39, 0.29) is 17.9 Å². The quantitative estimate of drug-likeness (QED) is 0.550. The maximum atomic E-state index is 13.3. The number of fused-ring (bicyclic) bond motifs is 1. The summed E-state index contributed by atoms with van der Waals surface area (Å²) < 4.78 is 14.6. The average molecular weight is 395 g/mol. The number of hydrogen-bond donors (Lipinski definition) is 1. The number of aliphatic hydroxyl groups is 1. The van der Waals surface area contributed by atoms with Gasteiger partial charge in [-0.2, -0.15) is 5.10 Å². The summed E-state index contributed by atoms with van der Waals surface area (Å²) in [5.41, 5.74) is 1.43. The minimum absolute atomic E-state index is 0.0540. The van der Waals surface area contributed by atoms with Gasteiger partial charge in [-0.05, 0) is 36.4 Å². The van der Waals surface area contributed by atoms with Crippen molar-refractivity contribution in [1.29, 1.82) is 0 Å². The fourth-order valence-corrected chi connectivity index (χ4v) is 3.45. The smallest absolute Gasteiger partial charge is 0.274 e. The highest BCUT2D eigenvalue weighted by Gasteiger charge is 2.17. The predicted octanol–water partition coefficient (Wildman–Crippen LogP) is 4.59. The second-order valence-electron chi connectivity index (χ2n) is 6.43. The first-order valence-corrected chi connectivity index (χ1v) is 9.10. The largest absolute Gasteiger partial charge is 0.386 e. The monoisotopic (exact) mass is 394 g/mol. The van der Waals surface area contributed by atoms with Crippen LogP contribution in [0.5, 0.6) is 0 Å². The van der Waals surface area contributed by atoms with Gasteiger partial charge in [-0.25, -0.2) is 9.07 Å². The molecule has 4 aromatic rings. The standard InChI is InChI=1S/C22H16ClFN2O2/c23-19-8-4-3-7-18(19)20(27)13-26-22(28)17-6-2-1-5-16(17)21(25-26)14-9-11-15(24)12-10-14/h1-12,20,27H,13H2. The van der Waals surface area contributed by atoms with Crippen LogP contribution in [0.2, 0.25) is 5.02 Å². The van der Waals surface area contributed by atoms with Crippen molar-refractivity contribution in [3.63, 3.8) is 0 Å². The molecule has 1 heterocycles. The summed E-state index contributed by atoms with van der Waals surface area (Å²) in [6.45, 7) is -0.0540. The minimum atomic E-state index is -0.999. The Bertz CT molecular complexity index is 1210. The number of hydrogen-bond acceptors (Lipinski definition) is 3. The van der Waals surface area contributed by atoms with E-state index in [0.29, 0.717) is 32.6 Å². The zero-order valence-corrected chi connectivity index (χ0v) is 15.5. The van der Waals surface area contributed by atoms with Crippen LogP contribution in [0.1, 0.15) is 11.7 Å². The Morgan fingerprint density at radius 3 is 2.32 bits per heavy atom. The first-order valence-electron chi connectivity index (χ1n) is 8.73. The third-order valence-electron chi connectivity index (χ3n) is 4.60. The van der Waals surface area contributed by atoms with E-state index in [4.69, 9.17) is 11.6 Å². The summed E-state index contributed by atoms with van der Waals surface area (Å²) in [5, 5.41) is 16.7. The number of nitrogens with zero attached hydrogens (tertiary/aromatic N) is 2. The lowest BCUT2D eigenvalue weighted by Crippen LogP contribution is -2.26. The summed E-state index contributed by atoms with van der Waals surface area (Å²) in [7, 11) is 0. The van der Waals surface area contributed by atoms with Gasteiger partial charge >= 0.3 is 0 Å². The van der Waals surface area contributed by atoms with Crippen molar-refractivity contribution < 1.29 is 9.50 Å². The highest BCUT2D eigenvalue weighted by Crippen LogP contribution is 2.27. The lowest BCUT2D eigenvalue weighted by atomic mass is 10.0. The van der Waals surface area contributed by atoms with Crippen molar-refractivity contribution in [3.8, 4) is 11.3 Å². The van der Waals surface area contributed by atoms with E-state index < -0.39 is 6.10 Å². The topological polar surface area (TPSA) is 55.1 Å². The third-order valence-corrected chi connectivity index (χ3v) is 4.94. The van der Waals surface area contributed by atoms with Crippen molar-refractivity contribution in [3.05, 3.63) is 99.6 Å². The fraction of sp³-hybridized carbons (Fsp3) is 0.0909. The van der Waals surface area contributed by atoms with Crippen molar-refractivity contribution in [1.82, 2.24) is 9.78 Å². The first-order chi connectivity index (χ1) is 13.5. The van der Waals surface area contributed by atoms with E-state index in [1.807, 2.05) is 6.07 Å². The SMILES string of the molecule is O=c1c2ccccc2c(-c2ccc(F)cc2)nn1CC(O)c1ccccc1Cl. The van der Waals surface area contributed by atoms with E-state index in [9.17, 15) is 14.3 Å². The highest BCUT2D eigenvalue weighted by atomic mass is 35.5. The lowest BCUT2D eigenvalue weighted by molar-refractivity contribution is 0.150. The molecule has 0 spiro atoms. The van der Waals surface area contributed by atoms with E-state index in [1.165, 1.54) is 16.8 Å². The fourth-order valence-electron chi connectivity index (χ4n) is 3.19. The maximum absolute atomic E-state index is 13.3. The van der Waals surface area contributed by atoms with Gasteiger partial charge < -0.3 is 5.11 Å². The van der Waals surface area contributed by atoms with Crippen LogP contribution in [0.15, 0.2) is 77.6 Å². The molecule has 0 aliphatic rings. The van der Waals surface area contributed by atoms with Crippen molar-refractivity contribution >= 4 is 22.4 Å². The number of aromatic nitrogens is 2. The molecule has 140 valence electrons. The van der Waals surface area contributed by atoms with Gasteiger partial charge in [0.1, 0.15) is 11.9 Å². The van der Waals surface area contributed by atoms with Crippen LogP contribution in [-0.2, 0) is 6.54 Å². The Labute approximate surface area is 165 Å². The van der Waals surface area contributed by atoms with E-state index in [1.54, 1.807) is 54.6 Å². The Morgan fingerprint density at radius 2 is 1.61 bits per heavy atom. The molecule has 0 aliphatic heterocycles. The molecule has 0 saturated carbocycles.